The van der Waals surface area contributed by atoms with Crippen LogP contribution in [-0.4, -0.2) is 84.1 Å². The lowest BCUT2D eigenvalue weighted by molar-refractivity contribution is -0.527. The van der Waals surface area contributed by atoms with Crippen molar-refractivity contribution in [1.29, 1.82) is 0 Å². The minimum Gasteiger partial charge on any atom is -0.462 e. The van der Waals surface area contributed by atoms with Gasteiger partial charge in [0.1, 0.15) is 19.3 Å². The molecule has 0 saturated carbocycles. The maximum absolute atomic E-state index is 13.3. The van der Waals surface area contributed by atoms with Crippen LogP contribution < -0.4 is 0 Å². The molecule has 15 heteroatoms. The SMILES string of the molecule is CC(=O)OC/C(=C(\C(=O)OCCCC(CON(O)O)ON(O)O)c1ccccc1)c1ccc(S(C)(=O)=O)cc1. The van der Waals surface area contributed by atoms with Crippen LogP contribution in [0.25, 0.3) is 11.1 Å². The van der Waals surface area contributed by atoms with Gasteiger partial charge in [0.2, 0.25) is 0 Å². The van der Waals surface area contributed by atoms with Crippen molar-refractivity contribution in [3.8, 4) is 0 Å². The van der Waals surface area contributed by atoms with Crippen molar-refractivity contribution in [3.63, 3.8) is 0 Å². The Morgan fingerprint density at radius 2 is 1.54 bits per heavy atom. The van der Waals surface area contributed by atoms with Gasteiger partial charge in [-0.2, -0.15) is 0 Å². The van der Waals surface area contributed by atoms with E-state index in [1.165, 1.54) is 31.2 Å². The molecule has 39 heavy (non-hydrogen) atoms. The molecule has 14 nitrogen and oxygen atoms in total. The first-order chi connectivity index (χ1) is 18.4. The van der Waals surface area contributed by atoms with Gasteiger partial charge in [-0.25, -0.2) is 22.9 Å². The number of rotatable bonds is 15. The summed E-state index contributed by atoms with van der Waals surface area (Å²) in [5, 5.41) is 33.9. The molecule has 0 aliphatic heterocycles. The number of benzene rings is 2. The Kier molecular flexibility index (Phi) is 12.6. The van der Waals surface area contributed by atoms with Gasteiger partial charge in [-0.15, -0.1) is 0 Å². The summed E-state index contributed by atoms with van der Waals surface area (Å²) in [5.41, 5.74) is 1.23. The molecule has 0 radical (unpaired) electrons. The monoisotopic (exact) mass is 570 g/mol. The van der Waals surface area contributed by atoms with Crippen molar-refractivity contribution in [1.82, 2.24) is 10.8 Å². The highest BCUT2D eigenvalue weighted by atomic mass is 32.2. The van der Waals surface area contributed by atoms with Gasteiger partial charge in [0.25, 0.3) is 0 Å². The second-order valence-electron chi connectivity index (χ2n) is 8.10. The fourth-order valence-electron chi connectivity index (χ4n) is 3.39. The largest absolute Gasteiger partial charge is 0.462 e. The Bertz CT molecular complexity index is 1220. The van der Waals surface area contributed by atoms with Crippen LogP contribution in [0.2, 0.25) is 0 Å². The van der Waals surface area contributed by atoms with Crippen LogP contribution in [-0.2, 0) is 38.6 Å². The van der Waals surface area contributed by atoms with E-state index in [-0.39, 0.29) is 42.1 Å². The summed E-state index contributed by atoms with van der Waals surface area (Å²) in [5.74, 6) is -1.37. The standard InChI is InChI=1S/C24H30N2O12S/c1-17(27)36-16-22(18-10-12-21(13-11-18)39(2,33)34)23(19-7-4-3-5-8-19)24(28)35-14-6-9-20(38-26(31)32)15-37-25(29)30/h3-5,7-8,10-13,20,29-32H,6,9,14-16H2,1-2H3/b23-22+. The zero-order valence-corrected chi connectivity index (χ0v) is 22.0. The van der Waals surface area contributed by atoms with Gasteiger partial charge in [-0.3, -0.25) is 25.6 Å². The molecule has 2 aromatic carbocycles. The third-order valence-corrected chi connectivity index (χ3v) is 6.27. The van der Waals surface area contributed by atoms with Crippen molar-refractivity contribution < 1.29 is 58.0 Å². The van der Waals surface area contributed by atoms with Gasteiger partial charge in [0.15, 0.2) is 9.84 Å². The Morgan fingerprint density at radius 1 is 0.897 bits per heavy atom. The summed E-state index contributed by atoms with van der Waals surface area (Å²) in [6, 6.07) is 14.2. The summed E-state index contributed by atoms with van der Waals surface area (Å²) in [6.45, 7) is 0.257. The van der Waals surface area contributed by atoms with E-state index in [0.29, 0.717) is 11.1 Å². The van der Waals surface area contributed by atoms with E-state index in [1.54, 1.807) is 30.3 Å². The van der Waals surface area contributed by atoms with E-state index >= 15 is 0 Å². The Morgan fingerprint density at radius 3 is 2.08 bits per heavy atom. The van der Waals surface area contributed by atoms with Crippen LogP contribution >= 0.6 is 0 Å². The smallest absolute Gasteiger partial charge is 0.339 e. The maximum atomic E-state index is 13.3. The molecule has 0 heterocycles. The minimum atomic E-state index is -3.48. The topological polar surface area (TPSA) is 193 Å². The quantitative estimate of drug-likeness (QED) is 0.0801. The highest BCUT2D eigenvalue weighted by Crippen LogP contribution is 2.29. The summed E-state index contributed by atoms with van der Waals surface area (Å²) >= 11 is 0. The van der Waals surface area contributed by atoms with Crippen molar-refractivity contribution >= 4 is 32.9 Å². The first-order valence-corrected chi connectivity index (χ1v) is 13.3. The normalized spacial score (nSPS) is 13.2. The molecular formula is C24H30N2O12S. The number of esters is 2. The highest BCUT2D eigenvalue weighted by Gasteiger charge is 2.23. The van der Waals surface area contributed by atoms with Crippen LogP contribution in [0.1, 0.15) is 30.9 Å². The second kappa shape index (κ2) is 15.4. The molecule has 0 bridgehead atoms. The summed E-state index contributed by atoms with van der Waals surface area (Å²) in [6.07, 6.45) is 0.178. The zero-order valence-electron chi connectivity index (χ0n) is 21.2. The third kappa shape index (κ3) is 11.2. The number of ether oxygens (including phenoxy) is 2. The fourth-order valence-corrected chi connectivity index (χ4v) is 4.03. The van der Waals surface area contributed by atoms with E-state index in [2.05, 4.69) is 9.68 Å². The van der Waals surface area contributed by atoms with E-state index in [0.717, 1.165) is 6.26 Å². The number of sulfone groups is 1. The maximum Gasteiger partial charge on any atom is 0.339 e. The molecule has 1 atom stereocenters. The molecule has 0 aromatic heterocycles. The molecular weight excluding hydrogens is 540 g/mol. The summed E-state index contributed by atoms with van der Waals surface area (Å²) in [7, 11) is -3.48. The van der Waals surface area contributed by atoms with Crippen molar-refractivity contribution in [2.24, 2.45) is 0 Å². The molecule has 214 valence electrons. The number of hydrogen-bond acceptors (Lipinski definition) is 14. The van der Waals surface area contributed by atoms with Crippen LogP contribution in [0.15, 0.2) is 59.5 Å². The van der Waals surface area contributed by atoms with Crippen LogP contribution in [0.4, 0.5) is 0 Å². The molecule has 0 fully saturated rings. The average Bonchev–Trinajstić information content (AvgIpc) is 2.87. The molecule has 1 unspecified atom stereocenters. The van der Waals surface area contributed by atoms with Crippen molar-refractivity contribution in [2.75, 3.05) is 26.1 Å². The number of carbonyl (C=O) groups is 2. The number of nitrogens with zero attached hydrogens (tertiary/aromatic N) is 2. The van der Waals surface area contributed by atoms with Gasteiger partial charge in [-0.05, 0) is 36.1 Å². The molecule has 0 spiro atoms. The lowest BCUT2D eigenvalue weighted by Gasteiger charge is -2.19. The Hall–Kier alpha value is -3.25. The highest BCUT2D eigenvalue weighted by molar-refractivity contribution is 7.90. The van der Waals surface area contributed by atoms with E-state index in [9.17, 15) is 18.0 Å². The predicted octanol–water partition coefficient (Wildman–Crippen LogP) is 2.28. The molecule has 2 rings (SSSR count). The Labute approximate surface area is 224 Å². The number of carbonyl (C=O) groups excluding carboxylic acids is 2. The lowest BCUT2D eigenvalue weighted by atomic mass is 9.95. The van der Waals surface area contributed by atoms with Crippen LogP contribution in [0.3, 0.4) is 0 Å². The van der Waals surface area contributed by atoms with Crippen LogP contribution in [0, 0.1) is 0 Å². The van der Waals surface area contributed by atoms with Gasteiger partial charge in [-0.1, -0.05) is 42.5 Å². The number of hydrogen-bond donors (Lipinski definition) is 4. The summed E-state index contributed by atoms with van der Waals surface area (Å²) < 4.78 is 34.4. The first kappa shape index (κ1) is 32.0. The first-order valence-electron chi connectivity index (χ1n) is 11.4. The third-order valence-electron chi connectivity index (χ3n) is 5.14. The van der Waals surface area contributed by atoms with Gasteiger partial charge < -0.3 is 9.47 Å². The molecule has 0 amide bonds. The van der Waals surface area contributed by atoms with E-state index in [4.69, 9.17) is 30.3 Å². The fraction of sp³-hybridized carbons (Fsp3) is 0.333. The van der Waals surface area contributed by atoms with Crippen molar-refractivity contribution in [3.05, 3.63) is 65.7 Å². The van der Waals surface area contributed by atoms with Crippen molar-refractivity contribution in [2.45, 2.75) is 30.8 Å². The molecule has 4 N–H and O–H groups in total. The van der Waals surface area contributed by atoms with Gasteiger partial charge in [0, 0.05) is 18.8 Å². The molecule has 2 aromatic rings. The summed E-state index contributed by atoms with van der Waals surface area (Å²) in [4.78, 5) is 34.1. The van der Waals surface area contributed by atoms with Gasteiger partial charge >= 0.3 is 11.9 Å². The van der Waals surface area contributed by atoms with E-state index in [1.807, 2.05) is 0 Å². The predicted molar refractivity (Wildman–Crippen MR) is 131 cm³/mol. The molecule has 0 aliphatic rings. The Balaban J connectivity index is 2.34. The average molecular weight is 571 g/mol. The minimum absolute atomic E-state index is 0.0381. The van der Waals surface area contributed by atoms with E-state index < -0.39 is 45.3 Å². The molecule has 0 aliphatic carbocycles. The zero-order chi connectivity index (χ0) is 29.0. The van der Waals surface area contributed by atoms with Gasteiger partial charge in [0.05, 0.1) is 27.9 Å². The second-order valence-corrected chi connectivity index (χ2v) is 10.1. The van der Waals surface area contributed by atoms with Crippen LogP contribution in [0.5, 0.6) is 0 Å². The molecule has 0 saturated heterocycles. The lowest BCUT2D eigenvalue weighted by Crippen LogP contribution is -2.31.